The van der Waals surface area contributed by atoms with E-state index < -0.39 is 0 Å². The largest absolute Gasteiger partial charge is 0.467 e. The molecule has 1 aliphatic heterocycles. The number of anilines is 2. The molecule has 1 fully saturated rings. The fraction of sp³-hybridized carbons (Fsp3) is 0.269. The Balaban J connectivity index is 1.15. The summed E-state index contributed by atoms with van der Waals surface area (Å²) in [7, 11) is 0. The number of oxazole rings is 1. The van der Waals surface area contributed by atoms with Crippen LogP contribution < -0.4 is 10.2 Å². The van der Waals surface area contributed by atoms with E-state index in [4.69, 9.17) is 18.0 Å². The van der Waals surface area contributed by atoms with Gasteiger partial charge in [0.25, 0.3) is 5.89 Å². The molecular formula is C26H24N4O5. The third-order valence-corrected chi connectivity index (χ3v) is 5.89. The van der Waals surface area contributed by atoms with Crippen LogP contribution in [0.15, 0.2) is 74.3 Å². The predicted molar refractivity (Wildman–Crippen MR) is 126 cm³/mol. The SMILES string of the molecule is N#Cc1nc(-c2ccco2)oc1N1CCC(C(=O)Nc2cccc(COCc3ccco3)c2)CC1. The summed E-state index contributed by atoms with van der Waals surface area (Å²) in [5.74, 6) is 1.77. The van der Waals surface area contributed by atoms with Crippen molar-refractivity contribution in [2.75, 3.05) is 23.3 Å². The van der Waals surface area contributed by atoms with E-state index >= 15 is 0 Å². The summed E-state index contributed by atoms with van der Waals surface area (Å²) in [4.78, 5) is 19.1. The van der Waals surface area contributed by atoms with Gasteiger partial charge in [-0.3, -0.25) is 4.79 Å². The predicted octanol–water partition coefficient (Wildman–Crippen LogP) is 4.97. The van der Waals surface area contributed by atoms with Gasteiger partial charge in [-0.1, -0.05) is 12.1 Å². The Bertz CT molecular complexity index is 1300. The fourth-order valence-electron chi connectivity index (χ4n) is 4.10. The van der Waals surface area contributed by atoms with Crippen molar-refractivity contribution < 1.29 is 22.8 Å². The van der Waals surface area contributed by atoms with E-state index in [1.807, 2.05) is 41.3 Å². The number of ether oxygens (including phenoxy) is 1. The molecule has 1 aliphatic rings. The van der Waals surface area contributed by atoms with Crippen molar-refractivity contribution in [1.29, 1.82) is 5.26 Å². The molecule has 9 heteroatoms. The lowest BCUT2D eigenvalue weighted by Gasteiger charge is -2.31. The average molecular weight is 473 g/mol. The molecule has 178 valence electrons. The normalized spacial score (nSPS) is 14.1. The fourth-order valence-corrected chi connectivity index (χ4v) is 4.10. The van der Waals surface area contributed by atoms with Crippen molar-refractivity contribution in [1.82, 2.24) is 4.98 Å². The number of amides is 1. The number of nitrogens with one attached hydrogen (secondary N) is 1. The number of aromatic nitrogens is 1. The van der Waals surface area contributed by atoms with Gasteiger partial charge in [-0.15, -0.1) is 0 Å². The Morgan fingerprint density at radius 2 is 1.94 bits per heavy atom. The zero-order chi connectivity index (χ0) is 24.0. The van der Waals surface area contributed by atoms with Crippen LogP contribution in [0, 0.1) is 17.2 Å². The second-order valence-corrected chi connectivity index (χ2v) is 8.28. The molecule has 0 atom stereocenters. The quantitative estimate of drug-likeness (QED) is 0.382. The van der Waals surface area contributed by atoms with E-state index in [1.54, 1.807) is 18.4 Å². The maximum atomic E-state index is 12.9. The summed E-state index contributed by atoms with van der Waals surface area (Å²) in [6.07, 6.45) is 4.42. The zero-order valence-electron chi connectivity index (χ0n) is 19.0. The smallest absolute Gasteiger partial charge is 0.266 e. The lowest BCUT2D eigenvalue weighted by atomic mass is 9.95. The molecule has 0 radical (unpaired) electrons. The maximum absolute atomic E-state index is 12.9. The molecule has 3 aromatic heterocycles. The number of hydrogen-bond acceptors (Lipinski definition) is 8. The second kappa shape index (κ2) is 10.3. The molecule has 0 unspecified atom stereocenters. The molecule has 35 heavy (non-hydrogen) atoms. The van der Waals surface area contributed by atoms with Crippen LogP contribution in [-0.2, 0) is 22.7 Å². The van der Waals surface area contributed by atoms with Gasteiger partial charge in [0.05, 0.1) is 19.1 Å². The number of furan rings is 2. The third-order valence-electron chi connectivity index (χ3n) is 5.89. The number of nitrogens with zero attached hydrogens (tertiary/aromatic N) is 3. The number of benzene rings is 1. The van der Waals surface area contributed by atoms with Crippen molar-refractivity contribution in [3.8, 4) is 17.7 Å². The van der Waals surface area contributed by atoms with Gasteiger partial charge in [-0.05, 0) is 54.8 Å². The van der Waals surface area contributed by atoms with Gasteiger partial charge in [0.2, 0.25) is 17.5 Å². The first kappa shape index (κ1) is 22.5. The van der Waals surface area contributed by atoms with E-state index in [0.29, 0.717) is 50.8 Å². The topological polar surface area (TPSA) is 118 Å². The van der Waals surface area contributed by atoms with Crippen molar-refractivity contribution >= 4 is 17.5 Å². The number of carbonyl (C=O) groups excluding carboxylic acids is 1. The summed E-state index contributed by atoms with van der Waals surface area (Å²) in [6.45, 7) is 1.98. The lowest BCUT2D eigenvalue weighted by Crippen LogP contribution is -2.38. The first-order valence-corrected chi connectivity index (χ1v) is 11.4. The van der Waals surface area contributed by atoms with Crippen LogP contribution in [0.4, 0.5) is 11.6 Å². The van der Waals surface area contributed by atoms with Gasteiger partial charge in [0, 0.05) is 24.7 Å². The number of nitriles is 1. The first-order chi connectivity index (χ1) is 17.2. The van der Waals surface area contributed by atoms with Crippen LogP contribution >= 0.6 is 0 Å². The minimum Gasteiger partial charge on any atom is -0.467 e. The van der Waals surface area contributed by atoms with Crippen LogP contribution in [0.5, 0.6) is 0 Å². The van der Waals surface area contributed by atoms with Crippen LogP contribution in [-0.4, -0.2) is 24.0 Å². The standard InChI is InChI=1S/C26H24N4O5/c27-15-22-26(35-25(29-22)23-7-3-13-34-23)30-10-8-19(9-11-30)24(31)28-20-5-1-4-18(14-20)16-32-17-21-6-2-12-33-21/h1-7,12-14,19H,8-11,16-17H2,(H,28,31). The summed E-state index contributed by atoms with van der Waals surface area (Å²) in [5, 5.41) is 12.5. The van der Waals surface area contributed by atoms with E-state index in [0.717, 1.165) is 17.0 Å². The first-order valence-electron chi connectivity index (χ1n) is 11.4. The van der Waals surface area contributed by atoms with E-state index in [1.165, 1.54) is 6.26 Å². The summed E-state index contributed by atoms with van der Waals surface area (Å²) in [5.41, 5.74) is 1.91. The highest BCUT2D eigenvalue weighted by atomic mass is 16.5. The lowest BCUT2D eigenvalue weighted by molar-refractivity contribution is -0.120. The van der Waals surface area contributed by atoms with E-state index in [2.05, 4.69) is 16.4 Å². The minimum absolute atomic E-state index is 0.0207. The van der Waals surface area contributed by atoms with Gasteiger partial charge in [0.1, 0.15) is 18.4 Å². The molecule has 4 heterocycles. The molecule has 1 amide bonds. The van der Waals surface area contributed by atoms with Gasteiger partial charge in [0.15, 0.2) is 5.76 Å². The van der Waals surface area contributed by atoms with Crippen molar-refractivity contribution in [2.24, 2.45) is 5.92 Å². The highest BCUT2D eigenvalue weighted by molar-refractivity contribution is 5.92. The van der Waals surface area contributed by atoms with Crippen molar-refractivity contribution in [3.05, 3.63) is 78.1 Å². The summed E-state index contributed by atoms with van der Waals surface area (Å²) >= 11 is 0. The van der Waals surface area contributed by atoms with E-state index in [9.17, 15) is 10.1 Å². The molecule has 0 bridgehead atoms. The number of piperidine rings is 1. The Morgan fingerprint density at radius 3 is 2.69 bits per heavy atom. The van der Waals surface area contributed by atoms with Gasteiger partial charge in [-0.2, -0.15) is 10.2 Å². The highest BCUT2D eigenvalue weighted by Crippen LogP contribution is 2.31. The Morgan fingerprint density at radius 1 is 1.11 bits per heavy atom. The molecule has 5 rings (SSSR count). The summed E-state index contributed by atoms with van der Waals surface area (Å²) in [6, 6.07) is 16.9. The van der Waals surface area contributed by atoms with Gasteiger partial charge >= 0.3 is 0 Å². The molecule has 9 nitrogen and oxygen atoms in total. The van der Waals surface area contributed by atoms with Crippen molar-refractivity contribution in [3.63, 3.8) is 0 Å². The zero-order valence-corrected chi connectivity index (χ0v) is 19.0. The number of rotatable bonds is 8. The number of carbonyl (C=O) groups is 1. The molecule has 0 saturated carbocycles. The second-order valence-electron chi connectivity index (χ2n) is 8.28. The van der Waals surface area contributed by atoms with Gasteiger partial charge < -0.3 is 28.2 Å². The number of hydrogen-bond donors (Lipinski definition) is 1. The molecule has 1 saturated heterocycles. The maximum Gasteiger partial charge on any atom is 0.266 e. The average Bonchev–Trinajstić information content (AvgIpc) is 3.66. The molecule has 4 aromatic rings. The summed E-state index contributed by atoms with van der Waals surface area (Å²) < 4.78 is 22.1. The van der Waals surface area contributed by atoms with Crippen molar-refractivity contribution in [2.45, 2.75) is 26.1 Å². The third kappa shape index (κ3) is 5.28. The van der Waals surface area contributed by atoms with Crippen LogP contribution in [0.1, 0.15) is 29.9 Å². The van der Waals surface area contributed by atoms with Crippen LogP contribution in [0.2, 0.25) is 0 Å². The van der Waals surface area contributed by atoms with E-state index in [-0.39, 0.29) is 23.4 Å². The molecule has 0 spiro atoms. The monoisotopic (exact) mass is 472 g/mol. The Labute approximate surface area is 201 Å². The van der Waals surface area contributed by atoms with Crippen LogP contribution in [0.25, 0.3) is 11.7 Å². The molecule has 0 aliphatic carbocycles. The Kier molecular flexibility index (Phi) is 6.63. The molecular weight excluding hydrogens is 448 g/mol. The Hall–Kier alpha value is -4.29. The van der Waals surface area contributed by atoms with Crippen LogP contribution in [0.3, 0.4) is 0 Å². The molecule has 1 N–H and O–H groups in total. The van der Waals surface area contributed by atoms with Gasteiger partial charge in [-0.25, -0.2) is 0 Å². The minimum atomic E-state index is -0.136. The highest BCUT2D eigenvalue weighted by Gasteiger charge is 2.29. The molecule has 1 aromatic carbocycles.